The van der Waals surface area contributed by atoms with Gasteiger partial charge in [-0.15, -0.1) is 0 Å². The molecule has 3 nitrogen and oxygen atoms in total. The second-order valence-electron chi connectivity index (χ2n) is 7.19. The van der Waals surface area contributed by atoms with Gasteiger partial charge in [0.2, 0.25) is 0 Å². The van der Waals surface area contributed by atoms with Gasteiger partial charge < -0.3 is 5.11 Å². The number of carboxylic acid groups (broad SMARTS) is 1. The monoisotopic (exact) mass is 295 g/mol. The standard InChI is InChI=1S/C18H33NO2/c20-17(21)18(19-16-12-8-9-13-16)14-10-6-4-2-1-3-5-7-11-15-18/h16,19H,1-15H2,(H,20,21). The summed E-state index contributed by atoms with van der Waals surface area (Å²) in [7, 11) is 0. The molecule has 2 aliphatic carbocycles. The molecule has 0 radical (unpaired) electrons. The summed E-state index contributed by atoms with van der Waals surface area (Å²) in [6.07, 6.45) is 17.6. The molecule has 122 valence electrons. The van der Waals surface area contributed by atoms with Gasteiger partial charge in [0, 0.05) is 6.04 Å². The molecule has 0 unspecified atom stereocenters. The largest absolute Gasteiger partial charge is 0.480 e. The van der Waals surface area contributed by atoms with Crippen LogP contribution in [-0.2, 0) is 4.79 Å². The van der Waals surface area contributed by atoms with E-state index in [1.54, 1.807) is 0 Å². The molecule has 0 spiro atoms. The van der Waals surface area contributed by atoms with Crippen LogP contribution >= 0.6 is 0 Å². The summed E-state index contributed by atoms with van der Waals surface area (Å²) in [6.45, 7) is 0. The van der Waals surface area contributed by atoms with Gasteiger partial charge in [-0.2, -0.15) is 0 Å². The Hall–Kier alpha value is -0.570. The van der Waals surface area contributed by atoms with Gasteiger partial charge in [-0.1, -0.05) is 70.6 Å². The molecule has 21 heavy (non-hydrogen) atoms. The maximum Gasteiger partial charge on any atom is 0.323 e. The molecular formula is C18H33NO2. The Morgan fingerprint density at radius 3 is 1.62 bits per heavy atom. The fourth-order valence-corrected chi connectivity index (χ4v) is 4.10. The van der Waals surface area contributed by atoms with Crippen molar-refractivity contribution in [1.82, 2.24) is 5.32 Å². The molecule has 0 atom stereocenters. The highest BCUT2D eigenvalue weighted by molar-refractivity contribution is 5.78. The molecule has 0 amide bonds. The SMILES string of the molecule is O=C(O)C1(NC2CCCC2)CCCCCCCCCCC1. The van der Waals surface area contributed by atoms with Crippen LogP contribution in [0.15, 0.2) is 0 Å². The van der Waals surface area contributed by atoms with Crippen molar-refractivity contribution < 1.29 is 9.90 Å². The van der Waals surface area contributed by atoms with Crippen molar-refractivity contribution in [3.63, 3.8) is 0 Å². The first-order valence-electron chi connectivity index (χ1n) is 9.24. The van der Waals surface area contributed by atoms with E-state index in [2.05, 4.69) is 5.32 Å². The third-order valence-corrected chi connectivity index (χ3v) is 5.45. The Bertz CT molecular complexity index is 298. The number of carbonyl (C=O) groups is 1. The van der Waals surface area contributed by atoms with E-state index in [-0.39, 0.29) is 0 Å². The van der Waals surface area contributed by atoms with Crippen LogP contribution in [0.5, 0.6) is 0 Å². The summed E-state index contributed by atoms with van der Waals surface area (Å²) in [6, 6.07) is 0.439. The molecule has 2 fully saturated rings. The summed E-state index contributed by atoms with van der Waals surface area (Å²) in [5, 5.41) is 13.5. The van der Waals surface area contributed by atoms with Gasteiger partial charge in [0.05, 0.1) is 0 Å². The Kier molecular flexibility index (Phi) is 7.01. The molecule has 2 aliphatic rings. The van der Waals surface area contributed by atoms with Crippen molar-refractivity contribution in [3.05, 3.63) is 0 Å². The quantitative estimate of drug-likeness (QED) is 0.797. The maximum absolute atomic E-state index is 12.0. The predicted octanol–water partition coefficient (Wildman–Crippen LogP) is 4.65. The van der Waals surface area contributed by atoms with Crippen LogP contribution in [0.3, 0.4) is 0 Å². The van der Waals surface area contributed by atoms with Crippen LogP contribution in [0.25, 0.3) is 0 Å². The first-order chi connectivity index (χ1) is 10.2. The number of carboxylic acids is 1. The third-order valence-electron chi connectivity index (χ3n) is 5.45. The smallest absolute Gasteiger partial charge is 0.323 e. The minimum absolute atomic E-state index is 0.439. The summed E-state index contributed by atoms with van der Waals surface area (Å²) < 4.78 is 0. The minimum Gasteiger partial charge on any atom is -0.480 e. The van der Waals surface area contributed by atoms with Crippen molar-refractivity contribution in [1.29, 1.82) is 0 Å². The second-order valence-corrected chi connectivity index (χ2v) is 7.19. The minimum atomic E-state index is -0.645. The van der Waals surface area contributed by atoms with E-state index >= 15 is 0 Å². The number of hydrogen-bond donors (Lipinski definition) is 2. The summed E-state index contributed by atoms with van der Waals surface area (Å²) >= 11 is 0. The fraction of sp³-hybridized carbons (Fsp3) is 0.944. The molecule has 0 aliphatic heterocycles. The lowest BCUT2D eigenvalue weighted by Gasteiger charge is -2.34. The van der Waals surface area contributed by atoms with Gasteiger partial charge in [0.1, 0.15) is 5.54 Å². The van der Waals surface area contributed by atoms with E-state index < -0.39 is 11.5 Å². The van der Waals surface area contributed by atoms with Crippen LogP contribution < -0.4 is 5.32 Å². The van der Waals surface area contributed by atoms with Crippen LogP contribution in [-0.4, -0.2) is 22.7 Å². The molecule has 0 aromatic rings. The van der Waals surface area contributed by atoms with E-state index in [1.165, 1.54) is 57.8 Å². The molecule has 3 heteroatoms. The number of nitrogens with one attached hydrogen (secondary N) is 1. The van der Waals surface area contributed by atoms with Gasteiger partial charge in [0.15, 0.2) is 0 Å². The lowest BCUT2D eigenvalue weighted by atomic mass is 9.84. The highest BCUT2D eigenvalue weighted by atomic mass is 16.4. The van der Waals surface area contributed by atoms with Gasteiger partial charge in [-0.05, 0) is 25.7 Å². The molecule has 2 N–H and O–H groups in total. The average molecular weight is 295 g/mol. The molecule has 0 aromatic heterocycles. The maximum atomic E-state index is 12.0. The van der Waals surface area contributed by atoms with Gasteiger partial charge in [-0.3, -0.25) is 10.1 Å². The predicted molar refractivity (Wildman–Crippen MR) is 86.5 cm³/mol. The molecule has 0 bridgehead atoms. The zero-order valence-corrected chi connectivity index (χ0v) is 13.5. The van der Waals surface area contributed by atoms with E-state index in [4.69, 9.17) is 0 Å². The second kappa shape index (κ2) is 8.77. The Labute approximate surface area is 129 Å². The first-order valence-corrected chi connectivity index (χ1v) is 9.24. The third kappa shape index (κ3) is 5.28. The average Bonchev–Trinajstić information content (AvgIpc) is 2.94. The summed E-state index contributed by atoms with van der Waals surface area (Å²) in [5.41, 5.74) is -0.645. The summed E-state index contributed by atoms with van der Waals surface area (Å²) in [5.74, 6) is -0.605. The van der Waals surface area contributed by atoms with Crippen molar-refractivity contribution in [2.24, 2.45) is 0 Å². The first kappa shape index (κ1) is 16.8. The molecule has 2 saturated carbocycles. The normalized spacial score (nSPS) is 25.9. The molecule has 0 heterocycles. The Morgan fingerprint density at radius 1 is 0.762 bits per heavy atom. The lowest BCUT2D eigenvalue weighted by molar-refractivity contribution is -0.146. The van der Waals surface area contributed by atoms with Crippen LogP contribution in [0.1, 0.15) is 96.3 Å². The molecule has 0 aromatic carbocycles. The zero-order chi connectivity index (χ0) is 15.0. The van der Waals surface area contributed by atoms with Gasteiger partial charge >= 0.3 is 5.97 Å². The summed E-state index contributed by atoms with van der Waals surface area (Å²) in [4.78, 5) is 12.0. The van der Waals surface area contributed by atoms with E-state index in [0.29, 0.717) is 6.04 Å². The molecular weight excluding hydrogens is 262 g/mol. The van der Waals surface area contributed by atoms with Gasteiger partial charge in [-0.25, -0.2) is 0 Å². The lowest BCUT2D eigenvalue weighted by Crippen LogP contribution is -2.55. The van der Waals surface area contributed by atoms with Crippen molar-refractivity contribution in [2.75, 3.05) is 0 Å². The van der Waals surface area contributed by atoms with Crippen molar-refractivity contribution in [3.8, 4) is 0 Å². The van der Waals surface area contributed by atoms with E-state index in [9.17, 15) is 9.90 Å². The van der Waals surface area contributed by atoms with Crippen molar-refractivity contribution in [2.45, 2.75) is 108 Å². The highest BCUT2D eigenvalue weighted by Gasteiger charge is 2.39. The Morgan fingerprint density at radius 2 is 1.19 bits per heavy atom. The number of aliphatic carboxylic acids is 1. The van der Waals surface area contributed by atoms with E-state index in [1.807, 2.05) is 0 Å². The van der Waals surface area contributed by atoms with Crippen LogP contribution in [0.4, 0.5) is 0 Å². The number of rotatable bonds is 3. The molecule has 2 rings (SSSR count). The number of hydrogen-bond acceptors (Lipinski definition) is 2. The van der Waals surface area contributed by atoms with Crippen LogP contribution in [0.2, 0.25) is 0 Å². The molecule has 0 saturated heterocycles. The topological polar surface area (TPSA) is 49.3 Å². The zero-order valence-electron chi connectivity index (χ0n) is 13.5. The van der Waals surface area contributed by atoms with Gasteiger partial charge in [0.25, 0.3) is 0 Å². The van der Waals surface area contributed by atoms with E-state index in [0.717, 1.165) is 38.5 Å². The van der Waals surface area contributed by atoms with Crippen LogP contribution in [0, 0.1) is 0 Å². The highest BCUT2D eigenvalue weighted by Crippen LogP contribution is 2.29. The fourth-order valence-electron chi connectivity index (χ4n) is 4.10. The Balaban J connectivity index is 1.98. The van der Waals surface area contributed by atoms with Crippen molar-refractivity contribution >= 4 is 5.97 Å².